The summed E-state index contributed by atoms with van der Waals surface area (Å²) in [5, 5.41) is 5.21. The lowest BCUT2D eigenvalue weighted by Crippen LogP contribution is -2.44. The number of hydrogen-bond donors (Lipinski definition) is 2. The number of anilines is 1. The van der Waals surface area contributed by atoms with E-state index in [1.54, 1.807) is 26.0 Å². The van der Waals surface area contributed by atoms with Crippen molar-refractivity contribution in [2.24, 2.45) is 4.40 Å². The number of hydrogen-bond acceptors (Lipinski definition) is 5. The number of likely N-dealkylation sites (N-methyl/N-ethyl adjacent to an activating group) is 1. The molecule has 2 N–H and O–H groups in total. The molecule has 1 atom stereocenters. The molecule has 3 rings (SSSR count). The third kappa shape index (κ3) is 3.97. The number of amides is 2. The Kier molecular flexibility index (Phi) is 5.50. The first-order chi connectivity index (χ1) is 12.8. The lowest BCUT2D eigenvalue weighted by atomic mass is 10.1. The minimum Gasteiger partial charge on any atom is -0.355 e. The van der Waals surface area contributed by atoms with Gasteiger partial charge in [-0.2, -0.15) is 8.42 Å². The monoisotopic (exact) mass is 392 g/mol. The first-order valence-corrected chi connectivity index (χ1v) is 10.6. The first-order valence-electron chi connectivity index (χ1n) is 9.17. The molecule has 0 aromatic heterocycles. The van der Waals surface area contributed by atoms with Crippen molar-refractivity contribution in [3.63, 3.8) is 0 Å². The molecule has 1 unspecified atom stereocenters. The van der Waals surface area contributed by atoms with E-state index in [1.165, 1.54) is 6.07 Å². The number of fused-ring (bicyclic) bond motifs is 3. The second-order valence-corrected chi connectivity index (χ2v) is 8.29. The van der Waals surface area contributed by atoms with Crippen LogP contribution in [0.25, 0.3) is 0 Å². The van der Waals surface area contributed by atoms with Crippen LogP contribution >= 0.6 is 0 Å². The largest absolute Gasteiger partial charge is 0.355 e. The Morgan fingerprint density at radius 3 is 2.78 bits per heavy atom. The highest BCUT2D eigenvalue weighted by Crippen LogP contribution is 2.34. The van der Waals surface area contributed by atoms with Crippen LogP contribution in [-0.2, 0) is 14.8 Å². The number of nitrogens with one attached hydrogen (secondary N) is 2. The van der Waals surface area contributed by atoms with Gasteiger partial charge >= 0.3 is 0 Å². The maximum Gasteiger partial charge on any atom is 0.286 e. The van der Waals surface area contributed by atoms with Gasteiger partial charge in [-0.05, 0) is 44.9 Å². The number of rotatable bonds is 4. The fourth-order valence-electron chi connectivity index (χ4n) is 3.29. The fraction of sp³-hybridized carbons (Fsp3) is 0.500. The molecule has 0 bridgehead atoms. The maximum absolute atomic E-state index is 12.6. The van der Waals surface area contributed by atoms with E-state index in [0.29, 0.717) is 31.0 Å². The van der Waals surface area contributed by atoms with Gasteiger partial charge in [-0.15, -0.1) is 4.40 Å². The van der Waals surface area contributed by atoms with Crippen LogP contribution in [0, 0.1) is 0 Å². The molecule has 27 heavy (non-hydrogen) atoms. The predicted octanol–water partition coefficient (Wildman–Crippen LogP) is 1.42. The lowest BCUT2D eigenvalue weighted by molar-refractivity contribution is -0.122. The van der Waals surface area contributed by atoms with Crippen molar-refractivity contribution in [3.8, 4) is 0 Å². The molecular formula is C18H24N4O4S. The van der Waals surface area contributed by atoms with Crippen molar-refractivity contribution in [2.75, 3.05) is 18.0 Å². The standard InChI is InChI=1S/C18H24N4O4S/c1-3-19-17(23)12(2)20-18(24)13-8-9-14-15(11-13)27(25,26)21-16-7-5-4-6-10-22(14)16/h8-9,11-12H,3-7,10H2,1-2H3,(H,19,23)(H,20,24). The maximum atomic E-state index is 12.6. The third-order valence-electron chi connectivity index (χ3n) is 4.70. The normalized spacial score (nSPS) is 19.0. The van der Waals surface area contributed by atoms with Crippen LogP contribution in [0.4, 0.5) is 5.69 Å². The second-order valence-electron chi connectivity index (χ2n) is 6.72. The van der Waals surface area contributed by atoms with Gasteiger partial charge in [0.15, 0.2) is 0 Å². The number of benzene rings is 1. The molecule has 2 amide bonds. The lowest BCUT2D eigenvalue weighted by Gasteiger charge is -2.29. The number of nitrogens with zero attached hydrogens (tertiary/aromatic N) is 2. The van der Waals surface area contributed by atoms with E-state index in [4.69, 9.17) is 0 Å². The van der Waals surface area contributed by atoms with E-state index in [9.17, 15) is 18.0 Å². The van der Waals surface area contributed by atoms with Crippen LogP contribution in [0.5, 0.6) is 0 Å². The quantitative estimate of drug-likeness (QED) is 0.806. The minimum atomic E-state index is -3.85. The summed E-state index contributed by atoms with van der Waals surface area (Å²) in [6.45, 7) is 4.54. The zero-order chi connectivity index (χ0) is 19.6. The van der Waals surface area contributed by atoms with Gasteiger partial charge in [0.2, 0.25) is 5.91 Å². The Morgan fingerprint density at radius 1 is 1.26 bits per heavy atom. The summed E-state index contributed by atoms with van der Waals surface area (Å²) in [4.78, 5) is 26.2. The summed E-state index contributed by atoms with van der Waals surface area (Å²) in [5.41, 5.74) is 0.747. The topological polar surface area (TPSA) is 108 Å². The molecule has 0 saturated carbocycles. The molecule has 1 aromatic carbocycles. The molecule has 2 heterocycles. The third-order valence-corrected chi connectivity index (χ3v) is 6.04. The molecule has 146 valence electrons. The molecule has 2 aliphatic heterocycles. The fourth-order valence-corrected chi connectivity index (χ4v) is 4.58. The molecule has 0 aliphatic carbocycles. The second kappa shape index (κ2) is 7.67. The van der Waals surface area contributed by atoms with Gasteiger partial charge in [0.25, 0.3) is 15.9 Å². The van der Waals surface area contributed by atoms with E-state index in [2.05, 4.69) is 15.0 Å². The van der Waals surface area contributed by atoms with Gasteiger partial charge in [-0.3, -0.25) is 9.59 Å². The summed E-state index contributed by atoms with van der Waals surface area (Å²) < 4.78 is 29.2. The van der Waals surface area contributed by atoms with E-state index in [1.807, 2.05) is 4.90 Å². The Hall–Kier alpha value is -2.42. The van der Waals surface area contributed by atoms with Crippen LogP contribution in [0.1, 0.15) is 49.9 Å². The molecular weight excluding hydrogens is 368 g/mol. The molecule has 8 nitrogen and oxygen atoms in total. The van der Waals surface area contributed by atoms with Gasteiger partial charge < -0.3 is 15.5 Å². The first kappa shape index (κ1) is 19.3. The smallest absolute Gasteiger partial charge is 0.286 e. The van der Waals surface area contributed by atoms with E-state index >= 15 is 0 Å². The van der Waals surface area contributed by atoms with E-state index in [-0.39, 0.29) is 16.4 Å². The van der Waals surface area contributed by atoms with Crippen LogP contribution in [0.3, 0.4) is 0 Å². The van der Waals surface area contributed by atoms with Crippen LogP contribution in [-0.4, -0.2) is 45.2 Å². The molecule has 1 aromatic rings. The van der Waals surface area contributed by atoms with Gasteiger partial charge in [-0.25, -0.2) is 0 Å². The summed E-state index contributed by atoms with van der Waals surface area (Å²) in [5.74, 6) is -0.227. The van der Waals surface area contributed by atoms with Gasteiger partial charge in [0, 0.05) is 25.1 Å². The van der Waals surface area contributed by atoms with Crippen molar-refractivity contribution >= 4 is 33.4 Å². The van der Waals surface area contributed by atoms with Gasteiger partial charge in [0.1, 0.15) is 16.8 Å². The molecule has 0 radical (unpaired) electrons. The van der Waals surface area contributed by atoms with Crippen molar-refractivity contribution in [1.29, 1.82) is 0 Å². The van der Waals surface area contributed by atoms with E-state index in [0.717, 1.165) is 19.3 Å². The minimum absolute atomic E-state index is 0.0338. The highest BCUT2D eigenvalue weighted by atomic mass is 32.2. The Labute approximate surface area is 159 Å². The zero-order valence-corrected chi connectivity index (χ0v) is 16.3. The van der Waals surface area contributed by atoms with E-state index < -0.39 is 22.0 Å². The predicted molar refractivity (Wildman–Crippen MR) is 102 cm³/mol. The van der Waals surface area contributed by atoms with Crippen molar-refractivity contribution in [1.82, 2.24) is 10.6 Å². The van der Waals surface area contributed by atoms with Crippen LogP contribution < -0.4 is 15.5 Å². The highest BCUT2D eigenvalue weighted by Gasteiger charge is 2.32. The van der Waals surface area contributed by atoms with Crippen molar-refractivity contribution in [2.45, 2.75) is 50.5 Å². The van der Waals surface area contributed by atoms with Crippen molar-refractivity contribution < 1.29 is 18.0 Å². The van der Waals surface area contributed by atoms with Crippen molar-refractivity contribution in [3.05, 3.63) is 23.8 Å². The number of carbonyl (C=O) groups is 2. The SMILES string of the molecule is CCNC(=O)C(C)NC(=O)c1ccc2c(c1)S(=O)(=O)N=C1CCCCCN12. The summed E-state index contributed by atoms with van der Waals surface area (Å²) in [6.07, 6.45) is 3.54. The van der Waals surface area contributed by atoms with Gasteiger partial charge in [-0.1, -0.05) is 6.42 Å². The van der Waals surface area contributed by atoms with Crippen LogP contribution in [0.15, 0.2) is 27.5 Å². The highest BCUT2D eigenvalue weighted by molar-refractivity contribution is 7.90. The summed E-state index contributed by atoms with van der Waals surface area (Å²) >= 11 is 0. The molecule has 1 fully saturated rings. The molecule has 1 saturated heterocycles. The Bertz CT molecular complexity index is 895. The summed E-state index contributed by atoms with van der Waals surface area (Å²) in [7, 11) is -3.85. The molecule has 2 aliphatic rings. The molecule has 9 heteroatoms. The average Bonchev–Trinajstić information content (AvgIpc) is 2.86. The average molecular weight is 392 g/mol. The number of carbonyl (C=O) groups excluding carboxylic acids is 2. The Balaban J connectivity index is 1.89. The number of sulfonamides is 1. The van der Waals surface area contributed by atoms with Crippen LogP contribution in [0.2, 0.25) is 0 Å². The number of amidine groups is 1. The zero-order valence-electron chi connectivity index (χ0n) is 15.5. The Morgan fingerprint density at radius 2 is 2.04 bits per heavy atom. The summed E-state index contributed by atoms with van der Waals surface area (Å²) in [6, 6.07) is 3.86. The van der Waals surface area contributed by atoms with Gasteiger partial charge in [0.05, 0.1) is 5.69 Å². The molecule has 0 spiro atoms.